The first kappa shape index (κ1) is 19.5. The molecule has 2 heterocycles. The van der Waals surface area contributed by atoms with Crippen molar-refractivity contribution >= 4 is 27.8 Å². The van der Waals surface area contributed by atoms with Crippen molar-refractivity contribution < 1.29 is 9.47 Å². The summed E-state index contributed by atoms with van der Waals surface area (Å²) in [6.45, 7) is 4.95. The second-order valence-electron chi connectivity index (χ2n) is 6.96. The molecule has 0 saturated carbocycles. The maximum absolute atomic E-state index is 5.35. The van der Waals surface area contributed by atoms with Gasteiger partial charge in [-0.25, -0.2) is 4.98 Å². The first-order chi connectivity index (χ1) is 14.2. The van der Waals surface area contributed by atoms with Gasteiger partial charge in [0.1, 0.15) is 11.5 Å². The number of rotatable bonds is 7. The average molecular weight is 411 g/mol. The summed E-state index contributed by atoms with van der Waals surface area (Å²) in [6.07, 6.45) is 0. The number of hydrogen-bond acceptors (Lipinski definition) is 7. The fraction of sp³-hybridized carbons (Fsp3) is 0.318. The molecule has 29 heavy (non-hydrogen) atoms. The van der Waals surface area contributed by atoms with Crippen molar-refractivity contribution in [3.8, 4) is 11.5 Å². The summed E-state index contributed by atoms with van der Waals surface area (Å²) in [5, 5.41) is 6.42. The largest absolute Gasteiger partial charge is 0.497 e. The molecule has 0 amide bonds. The van der Waals surface area contributed by atoms with Gasteiger partial charge in [0.15, 0.2) is 5.13 Å². The van der Waals surface area contributed by atoms with Crippen molar-refractivity contribution in [2.24, 2.45) is 0 Å². The third-order valence-corrected chi connectivity index (χ3v) is 5.88. The van der Waals surface area contributed by atoms with Gasteiger partial charge in [0, 0.05) is 55.5 Å². The summed E-state index contributed by atoms with van der Waals surface area (Å²) in [4.78, 5) is 9.62. The number of nitrogens with zero attached hydrogens (tertiary/aromatic N) is 3. The van der Waals surface area contributed by atoms with Gasteiger partial charge in [-0.3, -0.25) is 4.90 Å². The zero-order valence-electron chi connectivity index (χ0n) is 16.8. The second kappa shape index (κ2) is 9.15. The number of hydrogen-bond donors (Lipinski definition) is 1. The van der Waals surface area contributed by atoms with E-state index in [9.17, 15) is 0 Å². The Hall–Kier alpha value is -2.77. The molecule has 0 bridgehead atoms. The summed E-state index contributed by atoms with van der Waals surface area (Å²) in [5.74, 6) is 1.76. The van der Waals surface area contributed by atoms with Gasteiger partial charge in [0.2, 0.25) is 0 Å². The van der Waals surface area contributed by atoms with Crippen LogP contribution in [0.1, 0.15) is 5.69 Å². The molecule has 0 aliphatic carbocycles. The predicted octanol–water partition coefficient (Wildman–Crippen LogP) is 4.23. The highest BCUT2D eigenvalue weighted by Crippen LogP contribution is 2.25. The quantitative estimate of drug-likeness (QED) is 0.629. The number of ether oxygens (including phenoxy) is 2. The van der Waals surface area contributed by atoms with Crippen LogP contribution in [-0.2, 0) is 6.54 Å². The number of piperazine rings is 1. The molecule has 1 saturated heterocycles. The highest BCUT2D eigenvalue weighted by Gasteiger charge is 2.18. The molecule has 1 aromatic heterocycles. The molecule has 3 aromatic rings. The van der Waals surface area contributed by atoms with Gasteiger partial charge in [-0.2, -0.15) is 0 Å². The number of methoxy groups -OCH3 is 2. The zero-order valence-corrected chi connectivity index (χ0v) is 17.6. The summed E-state index contributed by atoms with van der Waals surface area (Å²) < 4.78 is 10.5. The highest BCUT2D eigenvalue weighted by atomic mass is 32.1. The van der Waals surface area contributed by atoms with Gasteiger partial charge in [-0.1, -0.05) is 6.07 Å². The molecule has 6 nitrogen and oxygen atoms in total. The topological polar surface area (TPSA) is 49.9 Å². The van der Waals surface area contributed by atoms with E-state index < -0.39 is 0 Å². The van der Waals surface area contributed by atoms with Crippen LogP contribution >= 0.6 is 11.3 Å². The van der Waals surface area contributed by atoms with Gasteiger partial charge < -0.3 is 19.7 Å². The van der Waals surface area contributed by atoms with Crippen LogP contribution in [0.15, 0.2) is 53.9 Å². The monoisotopic (exact) mass is 410 g/mol. The lowest BCUT2D eigenvalue weighted by Gasteiger charge is -2.35. The Balaban J connectivity index is 1.29. The number of thiazole rings is 1. The van der Waals surface area contributed by atoms with Crippen molar-refractivity contribution in [3.05, 3.63) is 59.6 Å². The molecule has 2 aromatic carbocycles. The number of aromatic nitrogens is 1. The molecule has 0 unspecified atom stereocenters. The second-order valence-corrected chi connectivity index (χ2v) is 7.82. The van der Waals surface area contributed by atoms with Gasteiger partial charge in [-0.15, -0.1) is 11.3 Å². The minimum atomic E-state index is 0.850. The Morgan fingerprint density at radius 3 is 2.45 bits per heavy atom. The molecular formula is C22H26N4O2S. The van der Waals surface area contributed by atoms with E-state index >= 15 is 0 Å². The highest BCUT2D eigenvalue weighted by molar-refractivity contribution is 7.13. The van der Waals surface area contributed by atoms with Crippen molar-refractivity contribution in [1.82, 2.24) is 9.88 Å². The minimum absolute atomic E-state index is 0.850. The zero-order chi connectivity index (χ0) is 20.1. The van der Waals surface area contributed by atoms with Crippen LogP contribution in [0.2, 0.25) is 0 Å². The molecule has 1 aliphatic heterocycles. The SMILES string of the molecule is COc1ccc(Nc2nc(CN3CCN(c4cccc(OC)c4)CC3)cs2)cc1. The Kier molecular flexibility index (Phi) is 6.17. The van der Waals surface area contributed by atoms with Crippen molar-refractivity contribution in [2.75, 3.05) is 50.6 Å². The summed E-state index contributed by atoms with van der Waals surface area (Å²) in [5.41, 5.74) is 3.35. The molecule has 0 atom stereocenters. The van der Waals surface area contributed by atoms with Crippen LogP contribution in [0.25, 0.3) is 0 Å². The van der Waals surface area contributed by atoms with E-state index in [1.54, 1.807) is 25.6 Å². The normalized spacial score (nSPS) is 14.6. The van der Waals surface area contributed by atoms with E-state index in [0.717, 1.165) is 60.7 Å². The molecule has 1 fully saturated rings. The predicted molar refractivity (Wildman–Crippen MR) is 119 cm³/mol. The lowest BCUT2D eigenvalue weighted by molar-refractivity contribution is 0.247. The number of nitrogens with one attached hydrogen (secondary N) is 1. The molecule has 0 spiro atoms. The standard InChI is InChI=1S/C22H26N4O2S/c1-27-20-8-6-17(7-9-20)23-22-24-18(16-29-22)15-25-10-12-26(13-11-25)19-4-3-5-21(14-19)28-2/h3-9,14,16H,10-13,15H2,1-2H3,(H,23,24). The fourth-order valence-corrected chi connectivity index (χ4v) is 4.16. The molecule has 1 aliphatic rings. The number of anilines is 3. The third-order valence-electron chi connectivity index (χ3n) is 5.07. The maximum Gasteiger partial charge on any atom is 0.187 e. The fourth-order valence-electron chi connectivity index (χ4n) is 3.44. The average Bonchev–Trinajstić information content (AvgIpc) is 3.21. The lowest BCUT2D eigenvalue weighted by Crippen LogP contribution is -2.46. The molecule has 152 valence electrons. The smallest absolute Gasteiger partial charge is 0.187 e. The number of benzene rings is 2. The van der Waals surface area contributed by atoms with Crippen LogP contribution in [0.4, 0.5) is 16.5 Å². The van der Waals surface area contributed by atoms with E-state index in [1.165, 1.54) is 5.69 Å². The summed E-state index contributed by atoms with van der Waals surface area (Å²) >= 11 is 1.64. The molecule has 4 rings (SSSR count). The van der Waals surface area contributed by atoms with Gasteiger partial charge in [0.05, 0.1) is 19.9 Å². The minimum Gasteiger partial charge on any atom is -0.497 e. The summed E-state index contributed by atoms with van der Waals surface area (Å²) in [6, 6.07) is 16.2. The Morgan fingerprint density at radius 1 is 0.966 bits per heavy atom. The van der Waals surface area contributed by atoms with E-state index in [4.69, 9.17) is 14.5 Å². The van der Waals surface area contributed by atoms with Crippen LogP contribution in [0.3, 0.4) is 0 Å². The van der Waals surface area contributed by atoms with Gasteiger partial charge in [0.25, 0.3) is 0 Å². The lowest BCUT2D eigenvalue weighted by atomic mass is 10.2. The van der Waals surface area contributed by atoms with Gasteiger partial charge in [-0.05, 0) is 36.4 Å². The van der Waals surface area contributed by atoms with Gasteiger partial charge >= 0.3 is 0 Å². The van der Waals surface area contributed by atoms with E-state index in [2.05, 4.69) is 32.6 Å². The van der Waals surface area contributed by atoms with Crippen molar-refractivity contribution in [2.45, 2.75) is 6.54 Å². The van der Waals surface area contributed by atoms with Crippen LogP contribution in [0.5, 0.6) is 11.5 Å². The Morgan fingerprint density at radius 2 is 1.72 bits per heavy atom. The molecule has 0 radical (unpaired) electrons. The third kappa shape index (κ3) is 4.99. The maximum atomic E-state index is 5.35. The first-order valence-electron chi connectivity index (χ1n) is 9.70. The molecule has 1 N–H and O–H groups in total. The van der Waals surface area contributed by atoms with E-state index in [1.807, 2.05) is 36.4 Å². The van der Waals surface area contributed by atoms with E-state index in [-0.39, 0.29) is 0 Å². The van der Waals surface area contributed by atoms with Crippen molar-refractivity contribution in [1.29, 1.82) is 0 Å². The molecular weight excluding hydrogens is 384 g/mol. The van der Waals surface area contributed by atoms with Crippen LogP contribution < -0.4 is 19.7 Å². The van der Waals surface area contributed by atoms with Crippen LogP contribution in [-0.4, -0.2) is 50.3 Å². The summed E-state index contributed by atoms with van der Waals surface area (Å²) in [7, 11) is 3.38. The van der Waals surface area contributed by atoms with E-state index in [0.29, 0.717) is 0 Å². The molecule has 7 heteroatoms. The van der Waals surface area contributed by atoms with Crippen molar-refractivity contribution in [3.63, 3.8) is 0 Å². The van der Waals surface area contributed by atoms with Crippen LogP contribution in [0, 0.1) is 0 Å². The Labute approximate surface area is 175 Å². The first-order valence-corrected chi connectivity index (χ1v) is 10.6. The Bertz CT molecular complexity index is 921.